The Balaban J connectivity index is 1.78. The van der Waals surface area contributed by atoms with E-state index in [0.29, 0.717) is 0 Å². The zero-order valence-corrected chi connectivity index (χ0v) is 16.9. The van der Waals surface area contributed by atoms with Crippen LogP contribution in [0.1, 0.15) is 31.9 Å². The lowest BCUT2D eigenvalue weighted by Gasteiger charge is -2.28. The highest BCUT2D eigenvalue weighted by molar-refractivity contribution is 7.80. The fraction of sp³-hybridized carbons (Fsp3) is 0.200. The molecule has 0 aromatic heterocycles. The summed E-state index contributed by atoms with van der Waals surface area (Å²) in [6.07, 6.45) is 1.04. The van der Waals surface area contributed by atoms with Crippen LogP contribution in [0.5, 0.6) is 5.75 Å². The molecule has 0 spiro atoms. The Morgan fingerprint density at radius 1 is 0.815 bits per heavy atom. The van der Waals surface area contributed by atoms with Crippen molar-refractivity contribution in [3.63, 3.8) is 0 Å². The predicted molar refractivity (Wildman–Crippen MR) is 118 cm³/mol. The molecule has 0 amide bonds. The zero-order valence-electron chi connectivity index (χ0n) is 16.0. The Labute approximate surface area is 166 Å². The van der Waals surface area contributed by atoms with Gasteiger partial charge < -0.3 is 4.74 Å². The van der Waals surface area contributed by atoms with Gasteiger partial charge in [-0.2, -0.15) is 0 Å². The van der Waals surface area contributed by atoms with Crippen LogP contribution in [0, 0.1) is 0 Å². The number of hydrogen-bond acceptors (Lipinski definition) is 2. The largest absolute Gasteiger partial charge is 0.483 e. The van der Waals surface area contributed by atoms with Crippen LogP contribution in [-0.4, -0.2) is 0 Å². The SMILES string of the molecule is CCc1ccc(OC(C)(C)c2ccc3c(S)cc4ccccc4c3c2)cc1. The maximum Gasteiger partial charge on any atom is 0.128 e. The molecule has 4 aromatic carbocycles. The third-order valence-corrected chi connectivity index (χ3v) is 5.61. The van der Waals surface area contributed by atoms with Gasteiger partial charge in [-0.05, 0) is 77.2 Å². The normalized spacial score (nSPS) is 11.9. The predicted octanol–water partition coefficient (Wildman–Crippen LogP) is 7.16. The van der Waals surface area contributed by atoms with Gasteiger partial charge in [-0.15, -0.1) is 12.6 Å². The molecule has 0 aliphatic carbocycles. The van der Waals surface area contributed by atoms with Crippen LogP contribution in [0.3, 0.4) is 0 Å². The molecule has 0 saturated carbocycles. The van der Waals surface area contributed by atoms with E-state index in [9.17, 15) is 0 Å². The number of ether oxygens (including phenoxy) is 1. The first-order valence-corrected chi connectivity index (χ1v) is 9.85. The van der Waals surface area contributed by atoms with Crippen LogP contribution < -0.4 is 4.74 Å². The summed E-state index contributed by atoms with van der Waals surface area (Å²) >= 11 is 4.70. The molecule has 2 heteroatoms. The van der Waals surface area contributed by atoms with Gasteiger partial charge in [-0.3, -0.25) is 0 Å². The number of thiol groups is 1. The summed E-state index contributed by atoms with van der Waals surface area (Å²) in [6.45, 7) is 6.40. The van der Waals surface area contributed by atoms with Crippen molar-refractivity contribution in [3.8, 4) is 5.75 Å². The monoisotopic (exact) mass is 372 g/mol. The number of rotatable bonds is 4. The summed E-state index contributed by atoms with van der Waals surface area (Å²) in [7, 11) is 0. The molecule has 0 bridgehead atoms. The summed E-state index contributed by atoms with van der Waals surface area (Å²) < 4.78 is 6.36. The molecule has 0 heterocycles. The van der Waals surface area contributed by atoms with E-state index in [1.165, 1.54) is 27.1 Å². The molecule has 0 aliphatic heterocycles. The number of hydrogen-bond donors (Lipinski definition) is 1. The van der Waals surface area contributed by atoms with E-state index < -0.39 is 5.60 Å². The first-order chi connectivity index (χ1) is 13.0. The molecule has 0 saturated heterocycles. The van der Waals surface area contributed by atoms with E-state index in [0.717, 1.165) is 22.6 Å². The Hall–Kier alpha value is -2.45. The summed E-state index contributed by atoms with van der Waals surface area (Å²) in [6, 6.07) is 25.5. The number of fused-ring (bicyclic) bond motifs is 3. The lowest BCUT2D eigenvalue weighted by atomic mass is 9.93. The number of aryl methyl sites for hydroxylation is 1. The van der Waals surface area contributed by atoms with Crippen molar-refractivity contribution in [3.05, 3.63) is 83.9 Å². The van der Waals surface area contributed by atoms with Gasteiger partial charge in [0.1, 0.15) is 11.4 Å². The lowest BCUT2D eigenvalue weighted by molar-refractivity contribution is 0.109. The maximum atomic E-state index is 6.36. The quantitative estimate of drug-likeness (QED) is 0.295. The van der Waals surface area contributed by atoms with Crippen LogP contribution in [0.15, 0.2) is 77.7 Å². The van der Waals surface area contributed by atoms with Gasteiger partial charge in [0.25, 0.3) is 0 Å². The van der Waals surface area contributed by atoms with E-state index in [-0.39, 0.29) is 0 Å². The summed E-state index contributed by atoms with van der Waals surface area (Å²) in [5, 5.41) is 4.84. The molecule has 1 nitrogen and oxygen atoms in total. The lowest BCUT2D eigenvalue weighted by Crippen LogP contribution is -2.25. The Bertz CT molecular complexity index is 1110. The van der Waals surface area contributed by atoms with Crippen LogP contribution >= 0.6 is 12.6 Å². The molecular weight excluding hydrogens is 348 g/mol. The average molecular weight is 373 g/mol. The molecule has 0 N–H and O–H groups in total. The first kappa shape index (κ1) is 17.9. The van der Waals surface area contributed by atoms with Gasteiger partial charge in [0.2, 0.25) is 0 Å². The van der Waals surface area contributed by atoms with Crippen LogP contribution in [-0.2, 0) is 12.0 Å². The molecule has 27 heavy (non-hydrogen) atoms. The molecule has 0 fully saturated rings. The van der Waals surface area contributed by atoms with E-state index in [4.69, 9.17) is 17.4 Å². The van der Waals surface area contributed by atoms with Crippen molar-refractivity contribution < 1.29 is 4.74 Å². The highest BCUT2D eigenvalue weighted by atomic mass is 32.1. The van der Waals surface area contributed by atoms with Crippen molar-refractivity contribution in [1.29, 1.82) is 0 Å². The fourth-order valence-electron chi connectivity index (χ4n) is 3.60. The first-order valence-electron chi connectivity index (χ1n) is 9.41. The molecule has 0 aliphatic rings. The van der Waals surface area contributed by atoms with Gasteiger partial charge >= 0.3 is 0 Å². The zero-order chi connectivity index (χ0) is 19.0. The standard InChI is InChI=1S/C25H24OS/c1-4-17-9-12-20(13-10-17)26-25(2,3)19-11-14-22-23(16-19)21-8-6-5-7-18(21)15-24(22)27/h5-16,27H,4H2,1-3H3. The fourth-order valence-corrected chi connectivity index (χ4v) is 3.94. The minimum absolute atomic E-state index is 0.435. The molecule has 0 radical (unpaired) electrons. The third kappa shape index (κ3) is 3.42. The Kier molecular flexibility index (Phi) is 4.61. The molecule has 136 valence electrons. The van der Waals surface area contributed by atoms with Gasteiger partial charge in [-0.25, -0.2) is 0 Å². The molecule has 4 aromatic rings. The molecule has 4 rings (SSSR count). The van der Waals surface area contributed by atoms with Crippen LogP contribution in [0.4, 0.5) is 0 Å². The Morgan fingerprint density at radius 2 is 1.56 bits per heavy atom. The van der Waals surface area contributed by atoms with Crippen molar-refractivity contribution in [2.24, 2.45) is 0 Å². The maximum absolute atomic E-state index is 6.36. The van der Waals surface area contributed by atoms with Gasteiger partial charge in [-0.1, -0.05) is 55.5 Å². The van der Waals surface area contributed by atoms with E-state index in [2.05, 4.69) is 93.6 Å². The van der Waals surface area contributed by atoms with E-state index in [1.807, 2.05) is 0 Å². The number of benzene rings is 4. The molecule has 0 atom stereocenters. The second-order valence-electron chi connectivity index (χ2n) is 7.49. The highest BCUT2D eigenvalue weighted by Crippen LogP contribution is 2.35. The average Bonchev–Trinajstić information content (AvgIpc) is 2.68. The molecular formula is C25H24OS. The van der Waals surface area contributed by atoms with Crippen LogP contribution in [0.25, 0.3) is 21.5 Å². The van der Waals surface area contributed by atoms with Crippen molar-refractivity contribution in [2.45, 2.75) is 37.7 Å². The van der Waals surface area contributed by atoms with Gasteiger partial charge in [0.05, 0.1) is 0 Å². The summed E-state index contributed by atoms with van der Waals surface area (Å²) in [5.41, 5.74) is 2.03. The van der Waals surface area contributed by atoms with E-state index >= 15 is 0 Å². The second kappa shape index (κ2) is 6.94. The van der Waals surface area contributed by atoms with Gasteiger partial charge in [0, 0.05) is 4.90 Å². The second-order valence-corrected chi connectivity index (χ2v) is 7.97. The smallest absolute Gasteiger partial charge is 0.128 e. The highest BCUT2D eigenvalue weighted by Gasteiger charge is 2.23. The topological polar surface area (TPSA) is 9.23 Å². The van der Waals surface area contributed by atoms with Crippen molar-refractivity contribution in [1.82, 2.24) is 0 Å². The van der Waals surface area contributed by atoms with Crippen LogP contribution in [0.2, 0.25) is 0 Å². The summed E-state index contributed by atoms with van der Waals surface area (Å²) in [5.74, 6) is 0.894. The minimum atomic E-state index is -0.435. The third-order valence-electron chi connectivity index (χ3n) is 5.24. The molecule has 0 unspecified atom stereocenters. The van der Waals surface area contributed by atoms with Gasteiger partial charge in [0.15, 0.2) is 0 Å². The van der Waals surface area contributed by atoms with Crippen molar-refractivity contribution in [2.75, 3.05) is 0 Å². The summed E-state index contributed by atoms with van der Waals surface area (Å²) in [4.78, 5) is 1.00. The van der Waals surface area contributed by atoms with E-state index in [1.54, 1.807) is 0 Å². The Morgan fingerprint density at radius 3 is 2.30 bits per heavy atom. The minimum Gasteiger partial charge on any atom is -0.483 e. The van der Waals surface area contributed by atoms with Crippen molar-refractivity contribution >= 4 is 34.2 Å².